The number of likely N-dealkylation sites (N-methyl/N-ethyl adjacent to an activating group) is 1. The third-order valence-corrected chi connectivity index (χ3v) is 2.00. The monoisotopic (exact) mass is 191 g/mol. The number of hydrogen-bond donors (Lipinski definition) is 3. The van der Waals surface area contributed by atoms with E-state index in [1.807, 2.05) is 0 Å². The Morgan fingerprint density at radius 2 is 1.85 bits per heavy atom. The van der Waals surface area contributed by atoms with E-state index in [4.69, 9.17) is 15.4 Å². The number of rotatable bonds is 5. The van der Waals surface area contributed by atoms with Crippen LogP contribution in [0.5, 0.6) is 0 Å². The number of aliphatic carboxylic acids is 2. The van der Waals surface area contributed by atoms with Gasteiger partial charge in [0.2, 0.25) is 0 Å². The highest BCUT2D eigenvalue weighted by atomic mass is 16.5. The average molecular weight is 191 g/mol. The molecule has 0 aromatic rings. The van der Waals surface area contributed by atoms with Gasteiger partial charge in [0.05, 0.1) is 0 Å². The molecule has 0 aromatic carbocycles. The third-order valence-electron chi connectivity index (χ3n) is 2.00. The Labute approximate surface area is 75.3 Å². The molecule has 0 unspecified atom stereocenters. The molecular weight excluding hydrogens is 178 g/mol. The standard InChI is InChI=1S/C7H13NO5/c1-7(6(11)12,8(2)13)4-3-5(9)10/h13H,3-4H2,1-2H3,(H,9,10)(H,11,12)/t7-/m0/s1. The van der Waals surface area contributed by atoms with Crippen LogP contribution in [0.15, 0.2) is 0 Å². The molecule has 0 radical (unpaired) electrons. The summed E-state index contributed by atoms with van der Waals surface area (Å²) in [5, 5.41) is 26.6. The van der Waals surface area contributed by atoms with Crippen molar-refractivity contribution in [1.82, 2.24) is 5.06 Å². The largest absolute Gasteiger partial charge is 0.481 e. The summed E-state index contributed by atoms with van der Waals surface area (Å²) >= 11 is 0. The number of carboxylic acid groups (broad SMARTS) is 2. The van der Waals surface area contributed by atoms with Gasteiger partial charge in [-0.15, -0.1) is 0 Å². The summed E-state index contributed by atoms with van der Waals surface area (Å²) in [7, 11) is 1.18. The Bertz CT molecular complexity index is 215. The first-order chi connectivity index (χ1) is 5.80. The van der Waals surface area contributed by atoms with E-state index in [0.717, 1.165) is 0 Å². The first-order valence-corrected chi connectivity index (χ1v) is 3.68. The second-order valence-corrected chi connectivity index (χ2v) is 3.00. The molecule has 0 aliphatic carbocycles. The van der Waals surface area contributed by atoms with Crippen molar-refractivity contribution in [2.75, 3.05) is 7.05 Å². The normalized spacial score (nSPS) is 15.4. The lowest BCUT2D eigenvalue weighted by molar-refractivity contribution is -0.185. The number of carboxylic acids is 2. The molecule has 0 amide bonds. The average Bonchev–Trinajstić information content (AvgIpc) is 1.99. The smallest absolute Gasteiger partial charge is 0.326 e. The van der Waals surface area contributed by atoms with E-state index < -0.39 is 17.5 Å². The predicted molar refractivity (Wildman–Crippen MR) is 42.5 cm³/mol. The van der Waals surface area contributed by atoms with Crippen LogP contribution in [0, 0.1) is 0 Å². The molecular formula is C7H13NO5. The zero-order chi connectivity index (χ0) is 10.6. The van der Waals surface area contributed by atoms with Crippen molar-refractivity contribution in [3.8, 4) is 0 Å². The summed E-state index contributed by atoms with van der Waals surface area (Å²) in [6.45, 7) is 1.26. The fourth-order valence-corrected chi connectivity index (χ4v) is 0.757. The van der Waals surface area contributed by atoms with Crippen LogP contribution in [0.1, 0.15) is 19.8 Å². The lowest BCUT2D eigenvalue weighted by Crippen LogP contribution is -2.49. The van der Waals surface area contributed by atoms with Gasteiger partial charge in [0.15, 0.2) is 0 Å². The fraction of sp³-hybridized carbons (Fsp3) is 0.714. The molecule has 13 heavy (non-hydrogen) atoms. The Kier molecular flexibility index (Phi) is 3.83. The van der Waals surface area contributed by atoms with E-state index in [0.29, 0.717) is 5.06 Å². The van der Waals surface area contributed by atoms with Crippen LogP contribution in [-0.2, 0) is 9.59 Å². The molecule has 0 saturated heterocycles. The van der Waals surface area contributed by atoms with Gasteiger partial charge >= 0.3 is 11.9 Å². The summed E-state index contributed by atoms with van der Waals surface area (Å²) in [5.41, 5.74) is -1.54. The van der Waals surface area contributed by atoms with E-state index >= 15 is 0 Å². The van der Waals surface area contributed by atoms with Crippen molar-refractivity contribution in [1.29, 1.82) is 0 Å². The first-order valence-electron chi connectivity index (χ1n) is 3.68. The van der Waals surface area contributed by atoms with Crippen LogP contribution >= 0.6 is 0 Å². The van der Waals surface area contributed by atoms with Gasteiger partial charge in [-0.25, -0.2) is 0 Å². The Balaban J connectivity index is 4.43. The van der Waals surface area contributed by atoms with Crippen LogP contribution in [-0.4, -0.2) is 45.0 Å². The van der Waals surface area contributed by atoms with Gasteiger partial charge in [0, 0.05) is 13.5 Å². The summed E-state index contributed by atoms with van der Waals surface area (Å²) in [5.74, 6) is -2.34. The molecule has 3 N–H and O–H groups in total. The Morgan fingerprint density at radius 1 is 1.38 bits per heavy atom. The summed E-state index contributed by atoms with van der Waals surface area (Å²) in [4.78, 5) is 20.9. The van der Waals surface area contributed by atoms with Crippen LogP contribution in [0.25, 0.3) is 0 Å². The molecule has 0 spiro atoms. The zero-order valence-corrected chi connectivity index (χ0v) is 7.52. The minimum Gasteiger partial charge on any atom is -0.481 e. The lowest BCUT2D eigenvalue weighted by Gasteiger charge is -2.29. The van der Waals surface area contributed by atoms with Crippen LogP contribution < -0.4 is 0 Å². The molecule has 0 bridgehead atoms. The predicted octanol–water partition coefficient (Wildman–Crippen LogP) is 0.0155. The van der Waals surface area contributed by atoms with Crippen LogP contribution in [0.2, 0.25) is 0 Å². The lowest BCUT2D eigenvalue weighted by atomic mass is 9.96. The molecule has 1 atom stereocenters. The van der Waals surface area contributed by atoms with E-state index in [1.165, 1.54) is 14.0 Å². The summed E-state index contributed by atoms with van der Waals surface area (Å²) < 4.78 is 0. The highest BCUT2D eigenvalue weighted by molar-refractivity contribution is 5.79. The SMILES string of the molecule is CN(O)[C@@](C)(CCC(=O)O)C(=O)O. The maximum atomic E-state index is 10.7. The Hall–Kier alpha value is -1.14. The van der Waals surface area contributed by atoms with Crippen molar-refractivity contribution < 1.29 is 25.0 Å². The van der Waals surface area contributed by atoms with E-state index in [-0.39, 0.29) is 12.8 Å². The molecule has 0 fully saturated rings. The van der Waals surface area contributed by atoms with Gasteiger partial charge < -0.3 is 15.4 Å². The number of hydroxylamine groups is 2. The number of carbonyl (C=O) groups is 2. The van der Waals surface area contributed by atoms with Gasteiger partial charge in [0.1, 0.15) is 5.54 Å². The van der Waals surface area contributed by atoms with Crippen LogP contribution in [0.3, 0.4) is 0 Å². The number of hydrogen-bond acceptors (Lipinski definition) is 4. The van der Waals surface area contributed by atoms with Crippen molar-refractivity contribution in [2.45, 2.75) is 25.3 Å². The molecule has 6 heteroatoms. The molecule has 0 aliphatic rings. The van der Waals surface area contributed by atoms with Gasteiger partial charge in [-0.3, -0.25) is 9.59 Å². The van der Waals surface area contributed by atoms with Gasteiger partial charge in [-0.2, -0.15) is 5.06 Å². The topological polar surface area (TPSA) is 98.1 Å². The van der Waals surface area contributed by atoms with Crippen molar-refractivity contribution in [2.24, 2.45) is 0 Å². The quantitative estimate of drug-likeness (QED) is 0.530. The van der Waals surface area contributed by atoms with E-state index in [2.05, 4.69) is 0 Å². The molecule has 0 saturated carbocycles. The maximum Gasteiger partial charge on any atom is 0.326 e. The van der Waals surface area contributed by atoms with Crippen molar-refractivity contribution in [3.05, 3.63) is 0 Å². The second-order valence-electron chi connectivity index (χ2n) is 3.00. The van der Waals surface area contributed by atoms with Gasteiger partial charge in [-0.05, 0) is 13.3 Å². The molecule has 0 heterocycles. The molecule has 76 valence electrons. The van der Waals surface area contributed by atoms with Crippen molar-refractivity contribution >= 4 is 11.9 Å². The van der Waals surface area contributed by atoms with Gasteiger partial charge in [-0.1, -0.05) is 0 Å². The van der Waals surface area contributed by atoms with E-state index in [9.17, 15) is 9.59 Å². The second kappa shape index (κ2) is 4.20. The summed E-state index contributed by atoms with van der Waals surface area (Å²) in [6, 6.07) is 0. The third kappa shape index (κ3) is 3.00. The molecule has 0 aromatic heterocycles. The highest BCUT2D eigenvalue weighted by Crippen LogP contribution is 2.18. The zero-order valence-electron chi connectivity index (χ0n) is 7.52. The molecule has 6 nitrogen and oxygen atoms in total. The molecule has 0 rings (SSSR count). The first kappa shape index (κ1) is 11.9. The fourth-order valence-electron chi connectivity index (χ4n) is 0.757. The number of nitrogens with zero attached hydrogens (tertiary/aromatic N) is 1. The minimum atomic E-state index is -1.54. The van der Waals surface area contributed by atoms with E-state index in [1.54, 1.807) is 0 Å². The minimum absolute atomic E-state index is 0.148. The highest BCUT2D eigenvalue weighted by Gasteiger charge is 2.37. The maximum absolute atomic E-state index is 10.7. The summed E-state index contributed by atoms with van der Waals surface area (Å²) in [6.07, 6.45) is -0.446. The Morgan fingerprint density at radius 3 is 2.08 bits per heavy atom. The van der Waals surface area contributed by atoms with Crippen molar-refractivity contribution in [3.63, 3.8) is 0 Å². The van der Waals surface area contributed by atoms with Crippen LogP contribution in [0.4, 0.5) is 0 Å². The molecule has 0 aliphatic heterocycles. The van der Waals surface area contributed by atoms with Gasteiger partial charge in [0.25, 0.3) is 0 Å².